The third-order valence-corrected chi connectivity index (χ3v) is 2.51. The summed E-state index contributed by atoms with van der Waals surface area (Å²) >= 11 is 0. The van der Waals surface area contributed by atoms with Crippen LogP contribution in [0.25, 0.3) is 0 Å². The van der Waals surface area contributed by atoms with Gasteiger partial charge in [-0.15, -0.1) is 0 Å². The predicted molar refractivity (Wildman–Crippen MR) is 48.4 cm³/mol. The van der Waals surface area contributed by atoms with Crippen LogP contribution in [0.5, 0.6) is 5.75 Å². The molecule has 2 N–H and O–H groups in total. The zero-order valence-corrected chi connectivity index (χ0v) is 8.14. The highest BCUT2D eigenvalue weighted by molar-refractivity contribution is 5.43. The normalized spacial score (nSPS) is 20.2. The lowest BCUT2D eigenvalue weighted by molar-refractivity contribution is -0.140. The molecule has 16 heavy (non-hydrogen) atoms. The van der Waals surface area contributed by atoms with Gasteiger partial charge in [-0.25, -0.2) is 4.39 Å². The second-order valence-electron chi connectivity index (χ2n) is 3.59. The zero-order valence-electron chi connectivity index (χ0n) is 8.14. The van der Waals surface area contributed by atoms with E-state index in [4.69, 9.17) is 10.5 Å². The van der Waals surface area contributed by atoms with Crippen LogP contribution >= 0.6 is 0 Å². The van der Waals surface area contributed by atoms with Gasteiger partial charge in [0.05, 0.1) is 12.2 Å². The van der Waals surface area contributed by atoms with Crippen molar-refractivity contribution in [3.8, 4) is 5.75 Å². The minimum absolute atomic E-state index is 0.131. The van der Waals surface area contributed by atoms with Gasteiger partial charge in [0.15, 0.2) is 11.6 Å². The Labute approximate surface area is 89.0 Å². The van der Waals surface area contributed by atoms with Gasteiger partial charge in [-0.3, -0.25) is 0 Å². The van der Waals surface area contributed by atoms with Gasteiger partial charge in [-0.2, -0.15) is 13.2 Å². The van der Waals surface area contributed by atoms with Crippen LogP contribution in [0.15, 0.2) is 12.1 Å². The second kappa shape index (κ2) is 3.62. The van der Waals surface area contributed by atoms with Crippen LogP contribution in [0.2, 0.25) is 0 Å². The zero-order chi connectivity index (χ0) is 11.9. The van der Waals surface area contributed by atoms with E-state index in [1.54, 1.807) is 0 Å². The Morgan fingerprint density at radius 1 is 1.31 bits per heavy atom. The second-order valence-corrected chi connectivity index (χ2v) is 3.59. The smallest absolute Gasteiger partial charge is 0.419 e. The van der Waals surface area contributed by atoms with Crippen LogP contribution in [-0.2, 0) is 6.18 Å². The fourth-order valence-electron chi connectivity index (χ4n) is 1.67. The number of hydrogen-bond acceptors (Lipinski definition) is 2. The van der Waals surface area contributed by atoms with Crippen molar-refractivity contribution in [3.05, 3.63) is 29.1 Å². The van der Waals surface area contributed by atoms with E-state index in [0.717, 1.165) is 0 Å². The Morgan fingerprint density at radius 2 is 2.00 bits per heavy atom. The molecule has 0 bridgehead atoms. The van der Waals surface area contributed by atoms with Gasteiger partial charge >= 0.3 is 6.18 Å². The van der Waals surface area contributed by atoms with Crippen molar-refractivity contribution in [2.75, 3.05) is 6.61 Å². The fourth-order valence-corrected chi connectivity index (χ4v) is 1.67. The summed E-state index contributed by atoms with van der Waals surface area (Å²) in [6.45, 7) is 0.131. The number of rotatable bonds is 0. The van der Waals surface area contributed by atoms with Gasteiger partial charge < -0.3 is 10.5 Å². The molecule has 0 amide bonds. The minimum atomic E-state index is -4.72. The van der Waals surface area contributed by atoms with Gasteiger partial charge in [0, 0.05) is 18.0 Å². The SMILES string of the molecule is N[C@@H]1CCOc2c1ccc(C(F)(F)F)c2F. The molecular weight excluding hydrogens is 226 g/mol. The standard InChI is InChI=1S/C10H9F4NO/c11-8-6(10(12,13)14)2-1-5-7(15)3-4-16-9(5)8/h1-2,7H,3-4,15H2/t7-/m1/s1. The van der Waals surface area contributed by atoms with Crippen molar-refractivity contribution in [2.24, 2.45) is 5.73 Å². The molecule has 0 saturated heterocycles. The van der Waals surface area contributed by atoms with Gasteiger partial charge in [-0.1, -0.05) is 6.07 Å². The Morgan fingerprint density at radius 3 is 2.62 bits per heavy atom. The van der Waals surface area contributed by atoms with E-state index < -0.39 is 23.6 Å². The third-order valence-electron chi connectivity index (χ3n) is 2.51. The average Bonchev–Trinajstić information content (AvgIpc) is 2.18. The molecular formula is C10H9F4NO. The monoisotopic (exact) mass is 235 g/mol. The Bertz CT molecular complexity index is 416. The van der Waals surface area contributed by atoms with Crippen molar-refractivity contribution in [1.82, 2.24) is 0 Å². The number of halogens is 4. The van der Waals surface area contributed by atoms with Crippen molar-refractivity contribution in [3.63, 3.8) is 0 Å². The Hall–Kier alpha value is -1.30. The van der Waals surface area contributed by atoms with Crippen LogP contribution < -0.4 is 10.5 Å². The minimum Gasteiger partial charge on any atom is -0.490 e. The topological polar surface area (TPSA) is 35.2 Å². The largest absolute Gasteiger partial charge is 0.490 e. The lowest BCUT2D eigenvalue weighted by atomic mass is 9.99. The van der Waals surface area contributed by atoms with Gasteiger partial charge in [0.2, 0.25) is 0 Å². The first-order valence-electron chi connectivity index (χ1n) is 4.69. The van der Waals surface area contributed by atoms with Crippen LogP contribution in [0.4, 0.5) is 17.6 Å². The summed E-state index contributed by atoms with van der Waals surface area (Å²) < 4.78 is 55.6. The van der Waals surface area contributed by atoms with Crippen molar-refractivity contribution < 1.29 is 22.3 Å². The predicted octanol–water partition coefficient (Wildman–Crippen LogP) is 2.63. The molecule has 2 nitrogen and oxygen atoms in total. The average molecular weight is 235 g/mol. The molecule has 2 rings (SSSR count). The highest BCUT2D eigenvalue weighted by atomic mass is 19.4. The molecule has 1 heterocycles. The summed E-state index contributed by atoms with van der Waals surface area (Å²) in [5, 5.41) is 0. The molecule has 0 saturated carbocycles. The molecule has 0 aliphatic carbocycles. The van der Waals surface area contributed by atoms with E-state index in [1.807, 2.05) is 0 Å². The van der Waals surface area contributed by atoms with E-state index in [2.05, 4.69) is 0 Å². The van der Waals surface area contributed by atoms with Crippen LogP contribution in [0, 0.1) is 5.82 Å². The molecule has 6 heteroatoms. The summed E-state index contributed by atoms with van der Waals surface area (Å²) in [5.41, 5.74) is 4.62. The van der Waals surface area contributed by atoms with Gasteiger partial charge in [0.25, 0.3) is 0 Å². The van der Waals surface area contributed by atoms with Crippen molar-refractivity contribution in [2.45, 2.75) is 18.6 Å². The quantitative estimate of drug-likeness (QED) is 0.701. The van der Waals surface area contributed by atoms with E-state index >= 15 is 0 Å². The summed E-state index contributed by atoms with van der Waals surface area (Å²) in [5.74, 6) is -1.74. The summed E-state index contributed by atoms with van der Waals surface area (Å²) in [6.07, 6.45) is -4.25. The summed E-state index contributed by atoms with van der Waals surface area (Å²) in [7, 11) is 0. The Kier molecular flexibility index (Phi) is 2.53. The molecule has 1 aliphatic heterocycles. The van der Waals surface area contributed by atoms with Crippen LogP contribution in [0.3, 0.4) is 0 Å². The molecule has 88 valence electrons. The van der Waals surface area contributed by atoms with E-state index in [-0.39, 0.29) is 17.9 Å². The van der Waals surface area contributed by atoms with Gasteiger partial charge in [-0.05, 0) is 6.07 Å². The molecule has 0 radical (unpaired) electrons. The number of hydrogen-bond donors (Lipinski definition) is 1. The molecule has 1 aromatic rings. The molecule has 0 unspecified atom stereocenters. The molecule has 0 fully saturated rings. The molecule has 0 spiro atoms. The molecule has 0 aromatic heterocycles. The first-order chi connectivity index (χ1) is 7.41. The maximum absolute atomic E-state index is 13.5. The number of nitrogens with two attached hydrogens (primary N) is 1. The lowest BCUT2D eigenvalue weighted by Gasteiger charge is -2.24. The highest BCUT2D eigenvalue weighted by Gasteiger charge is 2.37. The Balaban J connectivity index is 2.55. The highest BCUT2D eigenvalue weighted by Crippen LogP contribution is 2.40. The third kappa shape index (κ3) is 1.73. The number of ether oxygens (including phenoxy) is 1. The number of alkyl halides is 3. The van der Waals surface area contributed by atoms with Gasteiger partial charge in [0.1, 0.15) is 0 Å². The maximum Gasteiger partial charge on any atom is 0.419 e. The van der Waals surface area contributed by atoms with Crippen molar-refractivity contribution in [1.29, 1.82) is 0 Å². The maximum atomic E-state index is 13.5. The number of fused-ring (bicyclic) bond motifs is 1. The van der Waals surface area contributed by atoms with E-state index in [1.165, 1.54) is 6.07 Å². The van der Waals surface area contributed by atoms with Crippen LogP contribution in [0.1, 0.15) is 23.6 Å². The fraction of sp³-hybridized carbons (Fsp3) is 0.400. The summed E-state index contributed by atoms with van der Waals surface area (Å²) in [4.78, 5) is 0. The lowest BCUT2D eigenvalue weighted by Crippen LogP contribution is -2.22. The molecule has 1 aromatic carbocycles. The summed E-state index contributed by atoms with van der Waals surface area (Å²) in [6, 6.07) is 1.40. The number of benzene rings is 1. The van der Waals surface area contributed by atoms with Crippen molar-refractivity contribution >= 4 is 0 Å². The van der Waals surface area contributed by atoms with E-state index in [0.29, 0.717) is 12.5 Å². The molecule has 1 aliphatic rings. The first-order valence-corrected chi connectivity index (χ1v) is 4.69. The van der Waals surface area contributed by atoms with E-state index in [9.17, 15) is 17.6 Å². The van der Waals surface area contributed by atoms with Crippen LogP contribution in [-0.4, -0.2) is 6.61 Å². The molecule has 1 atom stereocenters. The first kappa shape index (κ1) is 11.2.